The number of nitro groups is 1. The van der Waals surface area contributed by atoms with Gasteiger partial charge in [0.1, 0.15) is 0 Å². The Hall–Kier alpha value is -2.94. The molecule has 0 aliphatic carbocycles. The first-order valence-electron chi connectivity index (χ1n) is 9.09. The predicted octanol–water partition coefficient (Wildman–Crippen LogP) is 3.70. The Kier molecular flexibility index (Phi) is 6.97. The number of sulfonamides is 1. The molecule has 0 aliphatic heterocycles. The quantitative estimate of drug-likeness (QED) is 0.518. The van der Waals surface area contributed by atoms with Crippen molar-refractivity contribution < 1.29 is 18.1 Å². The number of benzene rings is 2. The third-order valence-electron chi connectivity index (χ3n) is 4.57. The summed E-state index contributed by atoms with van der Waals surface area (Å²) in [5.41, 5.74) is 3.05. The number of aryl methyl sites for hydroxylation is 2. The molecule has 1 N–H and O–H groups in total. The first kappa shape index (κ1) is 22.4. The highest BCUT2D eigenvalue weighted by Gasteiger charge is 2.20. The Balaban J connectivity index is 2.07. The predicted molar refractivity (Wildman–Crippen MR) is 114 cm³/mol. The van der Waals surface area contributed by atoms with Crippen molar-refractivity contribution in [3.05, 3.63) is 63.2 Å². The molecule has 9 heteroatoms. The molecule has 2 aromatic rings. The van der Waals surface area contributed by atoms with E-state index in [1.165, 1.54) is 16.4 Å². The second-order valence-electron chi connectivity index (χ2n) is 6.98. The van der Waals surface area contributed by atoms with Gasteiger partial charge in [0.05, 0.1) is 28.1 Å². The molecule has 29 heavy (non-hydrogen) atoms. The third kappa shape index (κ3) is 5.77. The standard InChI is InChI=1S/C20H25N3O5S/c1-14-10-11-15(2)19(13-14)22(29(4,27)28)12-6-9-20(24)21-17-7-5-8-18(16(17)3)23(25)26/h5,7-8,10-11,13H,6,9,12H2,1-4H3,(H,21,24). The van der Waals surface area contributed by atoms with Gasteiger partial charge in [-0.05, 0) is 50.5 Å². The Morgan fingerprint density at radius 2 is 1.86 bits per heavy atom. The van der Waals surface area contributed by atoms with Crippen LogP contribution in [0.4, 0.5) is 17.1 Å². The summed E-state index contributed by atoms with van der Waals surface area (Å²) in [6.45, 7) is 5.45. The molecule has 0 aliphatic rings. The Morgan fingerprint density at radius 3 is 2.48 bits per heavy atom. The fraction of sp³-hybridized carbons (Fsp3) is 0.350. The normalized spacial score (nSPS) is 11.2. The lowest BCUT2D eigenvalue weighted by Crippen LogP contribution is -2.32. The smallest absolute Gasteiger partial charge is 0.274 e. The summed E-state index contributed by atoms with van der Waals surface area (Å²) in [7, 11) is -3.51. The molecular formula is C20H25N3O5S. The van der Waals surface area contributed by atoms with E-state index in [2.05, 4.69) is 5.32 Å². The van der Waals surface area contributed by atoms with Gasteiger partial charge in [-0.2, -0.15) is 0 Å². The lowest BCUT2D eigenvalue weighted by Gasteiger charge is -2.24. The van der Waals surface area contributed by atoms with Gasteiger partial charge in [0, 0.05) is 19.0 Å². The first-order chi connectivity index (χ1) is 13.5. The van der Waals surface area contributed by atoms with E-state index in [0.717, 1.165) is 17.4 Å². The topological polar surface area (TPSA) is 110 Å². The zero-order valence-corrected chi connectivity index (χ0v) is 17.7. The molecule has 0 saturated carbocycles. The highest BCUT2D eigenvalue weighted by atomic mass is 32.2. The fourth-order valence-electron chi connectivity index (χ4n) is 3.01. The Morgan fingerprint density at radius 1 is 1.17 bits per heavy atom. The van der Waals surface area contributed by atoms with Crippen molar-refractivity contribution in [2.75, 3.05) is 22.4 Å². The van der Waals surface area contributed by atoms with Crippen LogP contribution >= 0.6 is 0 Å². The number of nitrogens with zero attached hydrogens (tertiary/aromatic N) is 2. The molecule has 0 fully saturated rings. The van der Waals surface area contributed by atoms with E-state index >= 15 is 0 Å². The lowest BCUT2D eigenvalue weighted by atomic mass is 10.1. The SMILES string of the molecule is Cc1ccc(C)c(N(CCCC(=O)Nc2cccc([N+](=O)[O-])c2C)S(C)(=O)=O)c1. The van der Waals surface area contributed by atoms with Crippen LogP contribution in [0.3, 0.4) is 0 Å². The van der Waals surface area contributed by atoms with Crippen LogP contribution in [0.5, 0.6) is 0 Å². The molecule has 2 rings (SSSR count). The van der Waals surface area contributed by atoms with E-state index in [1.54, 1.807) is 13.0 Å². The van der Waals surface area contributed by atoms with Gasteiger partial charge in [-0.3, -0.25) is 19.2 Å². The molecule has 2 aromatic carbocycles. The molecule has 0 radical (unpaired) electrons. The monoisotopic (exact) mass is 419 g/mol. The summed E-state index contributed by atoms with van der Waals surface area (Å²) in [6, 6.07) is 10.1. The van der Waals surface area contributed by atoms with Crippen LogP contribution in [0.15, 0.2) is 36.4 Å². The molecule has 0 atom stereocenters. The van der Waals surface area contributed by atoms with Crippen molar-refractivity contribution in [1.29, 1.82) is 0 Å². The van der Waals surface area contributed by atoms with Gasteiger partial charge in [-0.1, -0.05) is 18.2 Å². The molecule has 0 saturated heterocycles. The number of rotatable bonds is 8. The van der Waals surface area contributed by atoms with Gasteiger partial charge in [0.2, 0.25) is 15.9 Å². The maximum atomic E-state index is 12.3. The largest absolute Gasteiger partial charge is 0.326 e. The van der Waals surface area contributed by atoms with Crippen molar-refractivity contribution in [2.24, 2.45) is 0 Å². The Labute approximate surface area is 170 Å². The van der Waals surface area contributed by atoms with Gasteiger partial charge in [-0.15, -0.1) is 0 Å². The van der Waals surface area contributed by atoms with Crippen LogP contribution in [0.1, 0.15) is 29.5 Å². The third-order valence-corrected chi connectivity index (χ3v) is 5.75. The van der Waals surface area contributed by atoms with Crippen molar-refractivity contribution >= 4 is 33.0 Å². The first-order valence-corrected chi connectivity index (χ1v) is 10.9. The van der Waals surface area contributed by atoms with E-state index < -0.39 is 14.9 Å². The van der Waals surface area contributed by atoms with E-state index in [4.69, 9.17) is 0 Å². The molecule has 0 bridgehead atoms. The average Bonchev–Trinajstić information content (AvgIpc) is 2.61. The molecule has 156 valence electrons. The van der Waals surface area contributed by atoms with Gasteiger partial charge < -0.3 is 5.32 Å². The number of hydrogen-bond donors (Lipinski definition) is 1. The summed E-state index contributed by atoms with van der Waals surface area (Å²) < 4.78 is 25.8. The summed E-state index contributed by atoms with van der Waals surface area (Å²) in [6.07, 6.45) is 1.53. The van der Waals surface area contributed by atoms with Crippen LogP contribution in [0, 0.1) is 30.9 Å². The van der Waals surface area contributed by atoms with Crippen LogP contribution in [-0.2, 0) is 14.8 Å². The van der Waals surface area contributed by atoms with Gasteiger partial charge in [0.15, 0.2) is 0 Å². The molecular weight excluding hydrogens is 394 g/mol. The summed E-state index contributed by atoms with van der Waals surface area (Å²) >= 11 is 0. The van der Waals surface area contributed by atoms with Gasteiger partial charge in [-0.25, -0.2) is 8.42 Å². The van der Waals surface area contributed by atoms with Crippen molar-refractivity contribution in [1.82, 2.24) is 0 Å². The number of carbonyl (C=O) groups is 1. The van der Waals surface area contributed by atoms with E-state index in [-0.39, 0.29) is 24.6 Å². The van der Waals surface area contributed by atoms with E-state index in [0.29, 0.717) is 23.4 Å². The van der Waals surface area contributed by atoms with Crippen molar-refractivity contribution in [3.63, 3.8) is 0 Å². The minimum atomic E-state index is -3.51. The number of amides is 1. The van der Waals surface area contributed by atoms with Gasteiger partial charge >= 0.3 is 0 Å². The highest BCUT2D eigenvalue weighted by molar-refractivity contribution is 7.92. The summed E-state index contributed by atoms with van der Waals surface area (Å²) in [5.74, 6) is -0.331. The van der Waals surface area contributed by atoms with Crippen LogP contribution in [0.25, 0.3) is 0 Å². The zero-order chi connectivity index (χ0) is 21.8. The highest BCUT2D eigenvalue weighted by Crippen LogP contribution is 2.26. The molecule has 8 nitrogen and oxygen atoms in total. The number of hydrogen-bond acceptors (Lipinski definition) is 5. The molecule has 0 unspecified atom stereocenters. The number of carbonyl (C=O) groups excluding carboxylic acids is 1. The number of nitrogens with one attached hydrogen (secondary N) is 1. The molecule has 0 aromatic heterocycles. The fourth-order valence-corrected chi connectivity index (χ4v) is 4.02. The maximum Gasteiger partial charge on any atom is 0.274 e. The second-order valence-corrected chi connectivity index (χ2v) is 8.89. The Bertz CT molecular complexity index is 1030. The number of nitro benzene ring substituents is 1. The minimum Gasteiger partial charge on any atom is -0.326 e. The zero-order valence-electron chi connectivity index (χ0n) is 16.9. The lowest BCUT2D eigenvalue weighted by molar-refractivity contribution is -0.385. The molecule has 1 amide bonds. The van der Waals surface area contributed by atoms with Gasteiger partial charge in [0.25, 0.3) is 5.69 Å². The number of anilines is 2. The average molecular weight is 420 g/mol. The molecule has 0 heterocycles. The van der Waals surface area contributed by atoms with Crippen LogP contribution < -0.4 is 9.62 Å². The van der Waals surface area contributed by atoms with Crippen molar-refractivity contribution in [3.8, 4) is 0 Å². The van der Waals surface area contributed by atoms with Crippen LogP contribution in [0.2, 0.25) is 0 Å². The maximum absolute atomic E-state index is 12.3. The minimum absolute atomic E-state index is 0.0685. The van der Waals surface area contributed by atoms with Crippen molar-refractivity contribution in [2.45, 2.75) is 33.6 Å². The van der Waals surface area contributed by atoms with E-state index in [9.17, 15) is 23.3 Å². The summed E-state index contributed by atoms with van der Waals surface area (Å²) in [4.78, 5) is 22.8. The second kappa shape index (κ2) is 9.04. The van der Waals surface area contributed by atoms with Crippen LogP contribution in [-0.4, -0.2) is 32.0 Å². The molecule has 0 spiro atoms. The summed E-state index contributed by atoms with van der Waals surface area (Å²) in [5, 5.41) is 13.7. The van der Waals surface area contributed by atoms with E-state index in [1.807, 2.05) is 32.0 Å².